The van der Waals surface area contributed by atoms with Gasteiger partial charge in [-0.05, 0) is 44.0 Å². The van der Waals surface area contributed by atoms with Crippen LogP contribution >= 0.6 is 24.0 Å². The molecule has 1 aliphatic rings. The maximum atomic E-state index is 11.8. The lowest BCUT2D eigenvalue weighted by Gasteiger charge is -2.38. The van der Waals surface area contributed by atoms with Gasteiger partial charge in [-0.2, -0.15) is 0 Å². The Balaban J connectivity index is 0.00000338. The number of anilines is 1. The molecule has 0 aliphatic carbocycles. The van der Waals surface area contributed by atoms with Crippen molar-refractivity contribution in [3.8, 4) is 0 Å². The highest BCUT2D eigenvalue weighted by Crippen LogP contribution is 2.20. The molecule has 1 amide bonds. The maximum absolute atomic E-state index is 11.8. The average molecular weight is 473 g/mol. The molecular weight excluding hydrogens is 441 g/mol. The van der Waals surface area contributed by atoms with Crippen molar-refractivity contribution in [3.63, 3.8) is 0 Å². The molecule has 7 heteroatoms. The predicted octanol–water partition coefficient (Wildman–Crippen LogP) is 2.10. The Morgan fingerprint density at radius 1 is 1.15 bits per heavy atom. The molecule has 1 saturated heterocycles. The number of aliphatic imine (C=N–C) groups is 1. The standard InChI is InChI=1S/C19H31N5O.HI/c1-6-20-19(21-14-18(25)22(4)5)24-11-9-23(10-12-24)17-8-7-15(2)16(3)13-17;/h7-8,13H,6,9-12,14H2,1-5H3,(H,20,21);1H. The van der Waals surface area contributed by atoms with E-state index in [0.29, 0.717) is 0 Å². The van der Waals surface area contributed by atoms with Gasteiger partial charge in [0.1, 0.15) is 6.54 Å². The first-order valence-corrected chi connectivity index (χ1v) is 8.98. The SMILES string of the molecule is CCNC(=NCC(=O)N(C)C)N1CCN(c2ccc(C)c(C)c2)CC1.I. The molecule has 2 rings (SSSR count). The van der Waals surface area contributed by atoms with Crippen LogP contribution < -0.4 is 10.2 Å². The van der Waals surface area contributed by atoms with Crippen LogP contribution in [-0.4, -0.2) is 75.0 Å². The molecule has 1 fully saturated rings. The number of nitrogens with zero attached hydrogens (tertiary/aromatic N) is 4. The van der Waals surface area contributed by atoms with Gasteiger partial charge in [-0.15, -0.1) is 24.0 Å². The highest BCUT2D eigenvalue weighted by molar-refractivity contribution is 14.0. The molecule has 0 aromatic heterocycles. The summed E-state index contributed by atoms with van der Waals surface area (Å²) in [5, 5.41) is 3.30. The van der Waals surface area contributed by atoms with Crippen molar-refractivity contribution in [2.24, 2.45) is 4.99 Å². The minimum absolute atomic E-state index is 0. The molecule has 0 unspecified atom stereocenters. The number of carbonyl (C=O) groups is 1. The first kappa shape index (κ1) is 22.5. The van der Waals surface area contributed by atoms with Crippen molar-refractivity contribution >= 4 is 41.5 Å². The number of guanidine groups is 1. The quantitative estimate of drug-likeness (QED) is 0.414. The van der Waals surface area contributed by atoms with Gasteiger partial charge in [0.15, 0.2) is 5.96 Å². The van der Waals surface area contributed by atoms with Gasteiger partial charge >= 0.3 is 0 Å². The van der Waals surface area contributed by atoms with Gasteiger partial charge in [0, 0.05) is 52.5 Å². The molecule has 0 atom stereocenters. The molecule has 1 aromatic carbocycles. The second kappa shape index (κ2) is 10.6. The molecule has 0 saturated carbocycles. The van der Waals surface area contributed by atoms with Crippen LogP contribution in [0.4, 0.5) is 5.69 Å². The third-order valence-corrected chi connectivity index (χ3v) is 4.63. The van der Waals surface area contributed by atoms with E-state index in [9.17, 15) is 4.79 Å². The van der Waals surface area contributed by atoms with Gasteiger partial charge in [0.05, 0.1) is 0 Å². The van der Waals surface area contributed by atoms with Crippen LogP contribution in [0.2, 0.25) is 0 Å². The second-order valence-corrected chi connectivity index (χ2v) is 6.70. The van der Waals surface area contributed by atoms with Crippen LogP contribution in [0.3, 0.4) is 0 Å². The molecule has 0 bridgehead atoms. The van der Waals surface area contributed by atoms with E-state index in [-0.39, 0.29) is 36.4 Å². The van der Waals surface area contributed by atoms with Crippen molar-refractivity contribution < 1.29 is 4.79 Å². The van der Waals surface area contributed by atoms with Crippen molar-refractivity contribution in [2.45, 2.75) is 20.8 Å². The zero-order chi connectivity index (χ0) is 18.4. The van der Waals surface area contributed by atoms with E-state index in [2.05, 4.69) is 59.1 Å². The molecular formula is C19H32IN5O. The van der Waals surface area contributed by atoms with Crippen LogP contribution in [0.1, 0.15) is 18.1 Å². The number of aryl methyl sites for hydroxylation is 2. The molecule has 1 aliphatic heterocycles. The fourth-order valence-electron chi connectivity index (χ4n) is 2.81. The summed E-state index contributed by atoms with van der Waals surface area (Å²) in [5.74, 6) is 0.849. The van der Waals surface area contributed by atoms with E-state index >= 15 is 0 Å². The third-order valence-electron chi connectivity index (χ3n) is 4.63. The minimum atomic E-state index is 0. The van der Waals surface area contributed by atoms with E-state index in [0.717, 1.165) is 38.7 Å². The summed E-state index contributed by atoms with van der Waals surface area (Å²) in [5.41, 5.74) is 3.94. The van der Waals surface area contributed by atoms with Gasteiger partial charge < -0.3 is 20.0 Å². The number of nitrogens with one attached hydrogen (secondary N) is 1. The molecule has 6 nitrogen and oxygen atoms in total. The molecule has 1 aromatic rings. The summed E-state index contributed by atoms with van der Waals surface area (Å²) < 4.78 is 0. The Hall–Kier alpha value is -1.51. The Labute approximate surface area is 174 Å². The average Bonchev–Trinajstić information content (AvgIpc) is 2.60. The molecule has 0 radical (unpaired) electrons. The highest BCUT2D eigenvalue weighted by Gasteiger charge is 2.20. The summed E-state index contributed by atoms with van der Waals surface area (Å²) in [4.78, 5) is 22.5. The normalized spacial score (nSPS) is 14.7. The third kappa shape index (κ3) is 6.03. The largest absolute Gasteiger partial charge is 0.368 e. The fourth-order valence-corrected chi connectivity index (χ4v) is 2.81. The minimum Gasteiger partial charge on any atom is -0.368 e. The van der Waals surface area contributed by atoms with Crippen LogP contribution in [0.25, 0.3) is 0 Å². The van der Waals surface area contributed by atoms with Gasteiger partial charge in [-0.25, -0.2) is 4.99 Å². The Kier molecular flexibility index (Phi) is 9.18. The number of hydrogen-bond donors (Lipinski definition) is 1. The molecule has 146 valence electrons. The smallest absolute Gasteiger partial charge is 0.243 e. The van der Waals surface area contributed by atoms with Crippen LogP contribution in [0.15, 0.2) is 23.2 Å². The second-order valence-electron chi connectivity index (χ2n) is 6.70. The lowest BCUT2D eigenvalue weighted by atomic mass is 10.1. The lowest BCUT2D eigenvalue weighted by Crippen LogP contribution is -2.52. The van der Waals surface area contributed by atoms with Crippen LogP contribution in [-0.2, 0) is 4.79 Å². The predicted molar refractivity (Wildman–Crippen MR) is 120 cm³/mol. The monoisotopic (exact) mass is 473 g/mol. The number of rotatable bonds is 4. The van der Waals surface area contributed by atoms with Crippen LogP contribution in [0, 0.1) is 13.8 Å². The van der Waals surface area contributed by atoms with E-state index in [1.807, 2.05) is 0 Å². The molecule has 0 spiro atoms. The van der Waals surface area contributed by atoms with Crippen molar-refractivity contribution in [2.75, 3.05) is 58.3 Å². The van der Waals surface area contributed by atoms with Gasteiger partial charge in [0.2, 0.25) is 5.91 Å². The number of carbonyl (C=O) groups excluding carboxylic acids is 1. The topological polar surface area (TPSA) is 51.2 Å². The number of amides is 1. The van der Waals surface area contributed by atoms with Crippen molar-refractivity contribution in [3.05, 3.63) is 29.3 Å². The summed E-state index contributed by atoms with van der Waals surface area (Å²) in [7, 11) is 3.51. The number of hydrogen-bond acceptors (Lipinski definition) is 3. The van der Waals surface area contributed by atoms with E-state index < -0.39 is 0 Å². The summed E-state index contributed by atoms with van der Waals surface area (Å²) in [6.07, 6.45) is 0. The Bertz CT molecular complexity index is 624. The zero-order valence-corrected chi connectivity index (χ0v) is 18.9. The van der Waals surface area contributed by atoms with E-state index in [4.69, 9.17) is 0 Å². The number of halogens is 1. The summed E-state index contributed by atoms with van der Waals surface area (Å²) in [6, 6.07) is 6.66. The van der Waals surface area contributed by atoms with Crippen molar-refractivity contribution in [1.82, 2.24) is 15.1 Å². The summed E-state index contributed by atoms with van der Waals surface area (Å²) in [6.45, 7) is 11.0. The Morgan fingerprint density at radius 3 is 2.35 bits per heavy atom. The maximum Gasteiger partial charge on any atom is 0.243 e. The van der Waals surface area contributed by atoms with E-state index in [1.54, 1.807) is 19.0 Å². The molecule has 1 heterocycles. The number of benzene rings is 1. The van der Waals surface area contributed by atoms with Crippen molar-refractivity contribution in [1.29, 1.82) is 0 Å². The Morgan fingerprint density at radius 2 is 1.81 bits per heavy atom. The highest BCUT2D eigenvalue weighted by atomic mass is 127. The summed E-state index contributed by atoms with van der Waals surface area (Å²) >= 11 is 0. The fraction of sp³-hybridized carbons (Fsp3) is 0.579. The first-order valence-electron chi connectivity index (χ1n) is 8.98. The molecule has 26 heavy (non-hydrogen) atoms. The number of piperazine rings is 1. The zero-order valence-electron chi connectivity index (χ0n) is 16.6. The van der Waals surface area contributed by atoms with Crippen LogP contribution in [0.5, 0.6) is 0 Å². The number of likely N-dealkylation sites (N-methyl/N-ethyl adjacent to an activating group) is 1. The molecule has 1 N–H and O–H groups in total. The van der Waals surface area contributed by atoms with Gasteiger partial charge in [-0.1, -0.05) is 6.07 Å². The first-order chi connectivity index (χ1) is 11.9. The van der Waals surface area contributed by atoms with Gasteiger partial charge in [0.25, 0.3) is 0 Å². The van der Waals surface area contributed by atoms with E-state index in [1.165, 1.54) is 16.8 Å². The van der Waals surface area contributed by atoms with Gasteiger partial charge in [-0.3, -0.25) is 4.79 Å². The lowest BCUT2D eigenvalue weighted by molar-refractivity contribution is -0.127.